The maximum atomic E-state index is 9.53. The summed E-state index contributed by atoms with van der Waals surface area (Å²) in [5.74, 6) is 0.824. The van der Waals surface area contributed by atoms with Crippen LogP contribution in [0.25, 0.3) is 5.57 Å². The minimum Gasteiger partial charge on any atom is -0.504 e. The topological polar surface area (TPSA) is 29.5 Å². The molecular weight excluding hydrogens is 267 g/mol. The standard InChI is InChI=1S/C10H10BrClO2/c1-6(5-12)7-3-9(13)10(14-2)4-8(7)11/h3-4,13H,1,5H2,2H3. The van der Waals surface area contributed by atoms with E-state index in [0.717, 1.165) is 15.6 Å². The number of hydrogen-bond acceptors (Lipinski definition) is 2. The van der Waals surface area contributed by atoms with Gasteiger partial charge in [0.15, 0.2) is 11.5 Å². The Morgan fingerprint density at radius 2 is 2.29 bits per heavy atom. The molecule has 2 nitrogen and oxygen atoms in total. The number of hydrogen-bond donors (Lipinski definition) is 1. The summed E-state index contributed by atoms with van der Waals surface area (Å²) in [5, 5.41) is 9.53. The first-order valence-corrected chi connectivity index (χ1v) is 5.23. The van der Waals surface area contributed by atoms with Gasteiger partial charge in [-0.15, -0.1) is 11.6 Å². The summed E-state index contributed by atoms with van der Waals surface area (Å²) in [6, 6.07) is 3.26. The summed E-state index contributed by atoms with van der Waals surface area (Å²) in [4.78, 5) is 0. The van der Waals surface area contributed by atoms with Gasteiger partial charge >= 0.3 is 0 Å². The number of benzene rings is 1. The smallest absolute Gasteiger partial charge is 0.161 e. The molecule has 0 atom stereocenters. The number of ether oxygens (including phenoxy) is 1. The van der Waals surface area contributed by atoms with E-state index in [1.165, 1.54) is 7.11 Å². The van der Waals surface area contributed by atoms with Crippen molar-refractivity contribution in [1.82, 2.24) is 0 Å². The summed E-state index contributed by atoms with van der Waals surface area (Å²) in [5.41, 5.74) is 1.54. The average molecular weight is 278 g/mol. The fraction of sp³-hybridized carbons (Fsp3) is 0.200. The van der Waals surface area contributed by atoms with Crippen molar-refractivity contribution in [3.63, 3.8) is 0 Å². The molecule has 0 spiro atoms. The van der Waals surface area contributed by atoms with Gasteiger partial charge in [0, 0.05) is 10.4 Å². The molecule has 14 heavy (non-hydrogen) atoms. The van der Waals surface area contributed by atoms with E-state index in [9.17, 15) is 5.11 Å². The third kappa shape index (κ3) is 2.22. The van der Waals surface area contributed by atoms with E-state index in [1.54, 1.807) is 12.1 Å². The lowest BCUT2D eigenvalue weighted by Gasteiger charge is -2.09. The van der Waals surface area contributed by atoms with Gasteiger partial charge in [-0.2, -0.15) is 0 Å². The zero-order valence-corrected chi connectivity index (χ0v) is 10.0. The molecule has 0 aliphatic carbocycles. The number of phenols is 1. The second-order valence-corrected chi connectivity index (χ2v) is 3.86. The Morgan fingerprint density at radius 3 is 2.79 bits per heavy atom. The van der Waals surface area contributed by atoms with Crippen LogP contribution in [0, 0.1) is 0 Å². The monoisotopic (exact) mass is 276 g/mol. The molecule has 0 heterocycles. The molecule has 0 unspecified atom stereocenters. The Labute approximate surface area is 96.3 Å². The highest BCUT2D eigenvalue weighted by atomic mass is 79.9. The molecule has 0 aliphatic heterocycles. The van der Waals surface area contributed by atoms with Crippen molar-refractivity contribution >= 4 is 33.1 Å². The van der Waals surface area contributed by atoms with Gasteiger partial charge in [0.1, 0.15) is 0 Å². The number of phenolic OH excluding ortho intramolecular Hbond substituents is 1. The second-order valence-electron chi connectivity index (χ2n) is 2.74. The summed E-state index contributed by atoms with van der Waals surface area (Å²) >= 11 is 9.00. The van der Waals surface area contributed by atoms with E-state index in [4.69, 9.17) is 16.3 Å². The van der Waals surface area contributed by atoms with Crippen LogP contribution in [-0.2, 0) is 0 Å². The van der Waals surface area contributed by atoms with Gasteiger partial charge in [0.25, 0.3) is 0 Å². The largest absolute Gasteiger partial charge is 0.504 e. The highest BCUT2D eigenvalue weighted by Crippen LogP contribution is 2.35. The highest BCUT2D eigenvalue weighted by molar-refractivity contribution is 9.10. The zero-order chi connectivity index (χ0) is 10.7. The molecule has 0 saturated heterocycles. The lowest BCUT2D eigenvalue weighted by Crippen LogP contribution is -1.89. The van der Waals surface area contributed by atoms with Crippen molar-refractivity contribution in [3.05, 3.63) is 28.7 Å². The van der Waals surface area contributed by atoms with Crippen LogP contribution in [0.4, 0.5) is 0 Å². The molecule has 0 aliphatic rings. The SMILES string of the molecule is C=C(CCl)c1cc(O)c(OC)cc1Br. The lowest BCUT2D eigenvalue weighted by molar-refractivity contribution is 0.373. The molecule has 0 bridgehead atoms. The number of aromatic hydroxyl groups is 1. The number of halogens is 2. The van der Waals surface area contributed by atoms with Crippen LogP contribution in [0.1, 0.15) is 5.56 Å². The van der Waals surface area contributed by atoms with Crippen molar-refractivity contribution in [1.29, 1.82) is 0 Å². The van der Waals surface area contributed by atoms with Gasteiger partial charge < -0.3 is 9.84 Å². The van der Waals surface area contributed by atoms with E-state index >= 15 is 0 Å². The fourth-order valence-corrected chi connectivity index (χ4v) is 1.80. The van der Waals surface area contributed by atoms with Crippen LogP contribution in [-0.4, -0.2) is 18.1 Å². The van der Waals surface area contributed by atoms with Crippen LogP contribution in [0.15, 0.2) is 23.2 Å². The van der Waals surface area contributed by atoms with E-state index < -0.39 is 0 Å². The van der Waals surface area contributed by atoms with E-state index in [2.05, 4.69) is 22.5 Å². The molecule has 1 rings (SSSR count). The minimum atomic E-state index is 0.0805. The average Bonchev–Trinajstić information content (AvgIpc) is 2.19. The van der Waals surface area contributed by atoms with E-state index in [1.807, 2.05) is 0 Å². The van der Waals surface area contributed by atoms with Crippen molar-refractivity contribution in [2.45, 2.75) is 0 Å². The van der Waals surface area contributed by atoms with Crippen molar-refractivity contribution in [3.8, 4) is 11.5 Å². The van der Waals surface area contributed by atoms with Gasteiger partial charge in [-0.3, -0.25) is 0 Å². The van der Waals surface area contributed by atoms with Crippen LogP contribution >= 0.6 is 27.5 Å². The maximum Gasteiger partial charge on any atom is 0.161 e. The van der Waals surface area contributed by atoms with Gasteiger partial charge in [0.05, 0.1) is 7.11 Å². The molecule has 0 saturated carbocycles. The Morgan fingerprint density at radius 1 is 1.64 bits per heavy atom. The first-order chi connectivity index (χ1) is 6.60. The van der Waals surface area contributed by atoms with Crippen molar-refractivity contribution in [2.75, 3.05) is 13.0 Å². The molecule has 0 radical (unpaired) electrons. The zero-order valence-electron chi connectivity index (χ0n) is 7.68. The summed E-state index contributed by atoms with van der Waals surface area (Å²) in [7, 11) is 1.50. The summed E-state index contributed by atoms with van der Waals surface area (Å²) in [6.45, 7) is 3.79. The molecule has 0 amide bonds. The Hall–Kier alpha value is -0.670. The van der Waals surface area contributed by atoms with Crippen LogP contribution in [0.2, 0.25) is 0 Å². The minimum absolute atomic E-state index is 0.0805. The third-order valence-corrected chi connectivity index (χ3v) is 2.79. The molecule has 1 aromatic carbocycles. The molecule has 1 aromatic rings. The van der Waals surface area contributed by atoms with E-state index in [0.29, 0.717) is 11.6 Å². The number of alkyl halides is 1. The van der Waals surface area contributed by atoms with Gasteiger partial charge in [-0.1, -0.05) is 22.5 Å². The Balaban J connectivity index is 3.21. The predicted octanol–water partition coefficient (Wildman–Crippen LogP) is 3.42. The summed E-state index contributed by atoms with van der Waals surface area (Å²) < 4.78 is 5.76. The molecule has 0 aromatic heterocycles. The first-order valence-electron chi connectivity index (χ1n) is 3.90. The van der Waals surface area contributed by atoms with Crippen LogP contribution in [0.5, 0.6) is 11.5 Å². The van der Waals surface area contributed by atoms with Crippen molar-refractivity contribution < 1.29 is 9.84 Å². The van der Waals surface area contributed by atoms with Gasteiger partial charge in [0.2, 0.25) is 0 Å². The lowest BCUT2D eigenvalue weighted by atomic mass is 10.1. The van der Waals surface area contributed by atoms with Gasteiger partial charge in [-0.25, -0.2) is 0 Å². The maximum absolute atomic E-state index is 9.53. The van der Waals surface area contributed by atoms with Crippen LogP contribution in [0.3, 0.4) is 0 Å². The Bertz CT molecular complexity index is 363. The quantitative estimate of drug-likeness (QED) is 0.858. The summed E-state index contributed by atoms with van der Waals surface area (Å²) in [6.07, 6.45) is 0. The van der Waals surface area contributed by atoms with Crippen LogP contribution < -0.4 is 4.74 Å². The van der Waals surface area contributed by atoms with Gasteiger partial charge in [-0.05, 0) is 23.3 Å². The Kier molecular flexibility index (Phi) is 3.84. The normalized spacial score (nSPS) is 9.93. The molecule has 76 valence electrons. The molecule has 0 fully saturated rings. The van der Waals surface area contributed by atoms with E-state index in [-0.39, 0.29) is 5.75 Å². The van der Waals surface area contributed by atoms with Crippen molar-refractivity contribution in [2.24, 2.45) is 0 Å². The second kappa shape index (κ2) is 4.71. The number of allylic oxidation sites excluding steroid dienone is 1. The molecular formula is C10H10BrClO2. The number of methoxy groups -OCH3 is 1. The highest BCUT2D eigenvalue weighted by Gasteiger charge is 2.09. The molecule has 1 N–H and O–H groups in total. The third-order valence-electron chi connectivity index (χ3n) is 1.81. The fourth-order valence-electron chi connectivity index (χ4n) is 1.05. The molecule has 4 heteroatoms. The first kappa shape index (κ1) is 11.4. The predicted molar refractivity (Wildman–Crippen MR) is 62.1 cm³/mol. The number of rotatable bonds is 3.